The van der Waals surface area contributed by atoms with Crippen molar-refractivity contribution < 1.29 is 14.3 Å². The van der Waals surface area contributed by atoms with Gasteiger partial charge in [0, 0.05) is 18.1 Å². The Hall–Kier alpha value is -2.53. The van der Waals surface area contributed by atoms with Crippen LogP contribution in [0.1, 0.15) is 30.9 Å². The minimum atomic E-state index is -0.0738. The predicted molar refractivity (Wildman–Crippen MR) is 111 cm³/mol. The minimum Gasteiger partial charge on any atom is -0.492 e. The molecular formula is C23H30N2O3. The first-order valence-electron chi connectivity index (χ1n) is 9.85. The molecule has 1 aliphatic carbocycles. The number of rotatable bonds is 9. The number of hydrogen-bond acceptors (Lipinski definition) is 4. The molecule has 2 aromatic carbocycles. The van der Waals surface area contributed by atoms with E-state index in [-0.39, 0.29) is 24.1 Å². The van der Waals surface area contributed by atoms with Crippen LogP contribution in [0.4, 0.5) is 0 Å². The maximum Gasteiger partial charge on any atom is 0.258 e. The number of amides is 1. The van der Waals surface area contributed by atoms with E-state index in [4.69, 9.17) is 9.47 Å². The lowest BCUT2D eigenvalue weighted by Crippen LogP contribution is -2.61. The minimum absolute atomic E-state index is 0.0480. The van der Waals surface area contributed by atoms with Crippen molar-refractivity contribution in [2.45, 2.75) is 45.2 Å². The smallest absolute Gasteiger partial charge is 0.258 e. The molecule has 0 bridgehead atoms. The van der Waals surface area contributed by atoms with Gasteiger partial charge in [0.1, 0.15) is 18.1 Å². The zero-order valence-electron chi connectivity index (χ0n) is 17.0. The van der Waals surface area contributed by atoms with Gasteiger partial charge in [-0.05, 0) is 57.9 Å². The highest BCUT2D eigenvalue weighted by atomic mass is 16.5. The second kappa shape index (κ2) is 9.11. The summed E-state index contributed by atoms with van der Waals surface area (Å²) < 4.78 is 11.3. The summed E-state index contributed by atoms with van der Waals surface area (Å²) in [5.74, 6) is 1.54. The fourth-order valence-corrected chi connectivity index (χ4v) is 3.48. The third kappa shape index (κ3) is 5.99. The van der Waals surface area contributed by atoms with Gasteiger partial charge >= 0.3 is 0 Å². The summed E-state index contributed by atoms with van der Waals surface area (Å²) >= 11 is 0. The largest absolute Gasteiger partial charge is 0.492 e. The Morgan fingerprint density at radius 2 is 1.50 bits per heavy atom. The van der Waals surface area contributed by atoms with Crippen LogP contribution >= 0.6 is 0 Å². The average molecular weight is 383 g/mol. The number of aryl methyl sites for hydroxylation is 2. The molecule has 0 aliphatic heterocycles. The molecule has 0 aromatic heterocycles. The number of carbonyl (C=O) groups is 1. The molecule has 1 fully saturated rings. The summed E-state index contributed by atoms with van der Waals surface area (Å²) in [5, 5.41) is 6.58. The lowest BCUT2D eigenvalue weighted by atomic mass is 9.74. The Balaban J connectivity index is 1.29. The number of carbonyl (C=O) groups excluding carboxylic acids is 1. The fourth-order valence-electron chi connectivity index (χ4n) is 3.48. The molecule has 150 valence electrons. The highest BCUT2D eigenvalue weighted by Gasteiger charge is 2.40. The number of ether oxygens (including phenoxy) is 2. The van der Waals surface area contributed by atoms with Gasteiger partial charge in [-0.1, -0.05) is 35.4 Å². The van der Waals surface area contributed by atoms with E-state index in [9.17, 15) is 4.79 Å². The summed E-state index contributed by atoms with van der Waals surface area (Å²) in [6.07, 6.45) is 1.82. The quantitative estimate of drug-likeness (QED) is 0.653. The van der Waals surface area contributed by atoms with Gasteiger partial charge in [-0.15, -0.1) is 0 Å². The Labute approximate surface area is 167 Å². The van der Waals surface area contributed by atoms with Gasteiger partial charge in [0.25, 0.3) is 5.91 Å². The number of benzene rings is 2. The van der Waals surface area contributed by atoms with Crippen molar-refractivity contribution in [3.8, 4) is 11.5 Å². The van der Waals surface area contributed by atoms with E-state index in [1.807, 2.05) is 55.5 Å². The molecule has 5 heteroatoms. The predicted octanol–water partition coefficient (Wildman–Crippen LogP) is 3.39. The summed E-state index contributed by atoms with van der Waals surface area (Å²) in [5.41, 5.74) is 2.44. The molecule has 0 radical (unpaired) electrons. The van der Waals surface area contributed by atoms with Gasteiger partial charge in [-0.2, -0.15) is 0 Å². The first-order valence-corrected chi connectivity index (χ1v) is 9.85. The van der Waals surface area contributed by atoms with Crippen LogP contribution in [0.15, 0.2) is 48.5 Å². The van der Waals surface area contributed by atoms with E-state index in [1.54, 1.807) is 0 Å². The molecule has 0 saturated heterocycles. The molecule has 28 heavy (non-hydrogen) atoms. The Bertz CT molecular complexity index is 765. The maximum atomic E-state index is 12.1. The Kier molecular flexibility index (Phi) is 6.57. The van der Waals surface area contributed by atoms with Crippen molar-refractivity contribution in [2.75, 3.05) is 19.8 Å². The standard InChI is InChI=1S/C23H30N2O3/c1-17-4-8-20(9-5-17)27-13-12-24-23(3)14-19(15-23)25-22(26)16-28-21-10-6-18(2)7-11-21/h4-11,19,24H,12-16H2,1-3H3,(H,25,26). The monoisotopic (exact) mass is 382 g/mol. The fraction of sp³-hybridized carbons (Fsp3) is 0.435. The molecule has 5 nitrogen and oxygen atoms in total. The van der Waals surface area contributed by atoms with E-state index >= 15 is 0 Å². The van der Waals surface area contributed by atoms with Crippen molar-refractivity contribution in [3.05, 3.63) is 59.7 Å². The first kappa shape index (κ1) is 20.2. The highest BCUT2D eigenvalue weighted by Crippen LogP contribution is 2.31. The van der Waals surface area contributed by atoms with E-state index in [1.165, 1.54) is 11.1 Å². The van der Waals surface area contributed by atoms with Crippen LogP contribution in [-0.4, -0.2) is 37.2 Å². The van der Waals surface area contributed by atoms with E-state index < -0.39 is 0 Å². The second-order valence-corrected chi connectivity index (χ2v) is 7.92. The maximum absolute atomic E-state index is 12.1. The molecule has 3 rings (SSSR count). The molecule has 1 aliphatic rings. The van der Waals surface area contributed by atoms with Crippen LogP contribution in [0.5, 0.6) is 11.5 Å². The van der Waals surface area contributed by atoms with Crippen LogP contribution in [-0.2, 0) is 4.79 Å². The number of hydrogen-bond donors (Lipinski definition) is 2. The normalized spacial score (nSPS) is 20.9. The molecule has 0 heterocycles. The SMILES string of the molecule is Cc1ccc(OCCNC2(C)CC(NC(=O)COc3ccc(C)cc3)C2)cc1. The van der Waals surface area contributed by atoms with Gasteiger partial charge in [-0.25, -0.2) is 0 Å². The van der Waals surface area contributed by atoms with Crippen molar-refractivity contribution >= 4 is 5.91 Å². The number of nitrogens with one attached hydrogen (secondary N) is 2. The topological polar surface area (TPSA) is 59.6 Å². The average Bonchev–Trinajstić information content (AvgIpc) is 2.65. The van der Waals surface area contributed by atoms with Crippen LogP contribution in [0.3, 0.4) is 0 Å². The first-order chi connectivity index (χ1) is 13.4. The summed E-state index contributed by atoms with van der Waals surface area (Å²) in [7, 11) is 0. The molecule has 0 unspecified atom stereocenters. The third-order valence-electron chi connectivity index (χ3n) is 5.09. The zero-order valence-corrected chi connectivity index (χ0v) is 17.0. The summed E-state index contributed by atoms with van der Waals surface area (Å²) in [6.45, 7) is 7.72. The Morgan fingerprint density at radius 3 is 2.07 bits per heavy atom. The van der Waals surface area contributed by atoms with Gasteiger partial charge in [0.2, 0.25) is 0 Å². The van der Waals surface area contributed by atoms with Gasteiger partial charge in [-0.3, -0.25) is 4.79 Å². The highest BCUT2D eigenvalue weighted by molar-refractivity contribution is 5.78. The van der Waals surface area contributed by atoms with Crippen molar-refractivity contribution in [2.24, 2.45) is 0 Å². The van der Waals surface area contributed by atoms with Gasteiger partial charge in [0.05, 0.1) is 0 Å². The van der Waals surface area contributed by atoms with Crippen molar-refractivity contribution in [1.29, 1.82) is 0 Å². The lowest BCUT2D eigenvalue weighted by Gasteiger charge is -2.46. The van der Waals surface area contributed by atoms with Crippen LogP contribution < -0.4 is 20.1 Å². The van der Waals surface area contributed by atoms with Crippen LogP contribution in [0.25, 0.3) is 0 Å². The van der Waals surface area contributed by atoms with E-state index in [0.29, 0.717) is 6.61 Å². The lowest BCUT2D eigenvalue weighted by molar-refractivity contribution is -0.124. The van der Waals surface area contributed by atoms with E-state index in [2.05, 4.69) is 24.5 Å². The molecule has 1 saturated carbocycles. The van der Waals surface area contributed by atoms with Crippen LogP contribution in [0.2, 0.25) is 0 Å². The molecule has 0 atom stereocenters. The third-order valence-corrected chi connectivity index (χ3v) is 5.09. The van der Waals surface area contributed by atoms with E-state index in [0.717, 1.165) is 30.9 Å². The molecule has 1 amide bonds. The van der Waals surface area contributed by atoms with Crippen LogP contribution in [0, 0.1) is 13.8 Å². The van der Waals surface area contributed by atoms with Gasteiger partial charge in [0.15, 0.2) is 6.61 Å². The molecule has 2 N–H and O–H groups in total. The summed E-state index contributed by atoms with van der Waals surface area (Å²) in [4.78, 5) is 12.1. The second-order valence-electron chi connectivity index (χ2n) is 7.92. The summed E-state index contributed by atoms with van der Waals surface area (Å²) in [6, 6.07) is 16.0. The van der Waals surface area contributed by atoms with Gasteiger partial charge < -0.3 is 20.1 Å². The molecule has 2 aromatic rings. The van der Waals surface area contributed by atoms with Crippen molar-refractivity contribution in [3.63, 3.8) is 0 Å². The molecule has 0 spiro atoms. The molecular weight excluding hydrogens is 352 g/mol. The zero-order chi connectivity index (χ0) is 20.0. The van der Waals surface area contributed by atoms with Crippen molar-refractivity contribution in [1.82, 2.24) is 10.6 Å². The Morgan fingerprint density at radius 1 is 0.964 bits per heavy atom.